The molecule has 1 unspecified atom stereocenters. The monoisotopic (exact) mass is 187 g/mol. The highest BCUT2D eigenvalue weighted by atomic mass is 16.5. The van der Waals surface area contributed by atoms with E-state index in [2.05, 4.69) is 6.58 Å². The third-order valence-corrected chi connectivity index (χ3v) is 1.90. The molecular formula is C9H17NO3. The van der Waals surface area contributed by atoms with E-state index in [0.29, 0.717) is 13.2 Å². The Morgan fingerprint density at radius 3 is 2.62 bits per heavy atom. The van der Waals surface area contributed by atoms with Crippen LogP contribution in [-0.2, 0) is 9.53 Å². The molecule has 0 aromatic carbocycles. The van der Waals surface area contributed by atoms with Crippen molar-refractivity contribution >= 4 is 5.97 Å². The average molecular weight is 187 g/mol. The van der Waals surface area contributed by atoms with Crippen LogP contribution in [0.15, 0.2) is 12.2 Å². The number of carboxylic acid groups (broad SMARTS) is 1. The van der Waals surface area contributed by atoms with Gasteiger partial charge in [0.2, 0.25) is 0 Å². The quantitative estimate of drug-likeness (QED) is 0.618. The fraction of sp³-hybridized carbons (Fsp3) is 0.667. The van der Waals surface area contributed by atoms with Gasteiger partial charge in [-0.05, 0) is 14.0 Å². The molecule has 1 atom stereocenters. The van der Waals surface area contributed by atoms with Gasteiger partial charge in [0.25, 0.3) is 0 Å². The zero-order chi connectivity index (χ0) is 10.4. The number of ether oxygens (including phenoxy) is 1. The largest absolute Gasteiger partial charge is 0.478 e. The van der Waals surface area contributed by atoms with E-state index in [0.717, 1.165) is 0 Å². The number of methoxy groups -OCH3 is 1. The summed E-state index contributed by atoms with van der Waals surface area (Å²) in [5.74, 6) is -0.948. The van der Waals surface area contributed by atoms with Crippen molar-refractivity contribution in [2.45, 2.75) is 13.0 Å². The minimum absolute atomic E-state index is 0.195. The molecule has 0 rings (SSSR count). The molecule has 0 aliphatic carbocycles. The molecule has 0 heterocycles. The first kappa shape index (κ1) is 12.1. The van der Waals surface area contributed by atoms with Gasteiger partial charge < -0.3 is 9.84 Å². The molecule has 0 spiro atoms. The molecule has 0 aliphatic rings. The molecule has 0 saturated heterocycles. The van der Waals surface area contributed by atoms with Crippen molar-refractivity contribution in [3.8, 4) is 0 Å². The lowest BCUT2D eigenvalue weighted by Gasteiger charge is -2.23. The van der Waals surface area contributed by atoms with Crippen LogP contribution < -0.4 is 0 Å². The third-order valence-electron chi connectivity index (χ3n) is 1.90. The number of rotatable bonds is 6. The summed E-state index contributed by atoms with van der Waals surface area (Å²) in [5, 5.41) is 8.59. The zero-order valence-corrected chi connectivity index (χ0v) is 8.41. The van der Waals surface area contributed by atoms with E-state index in [1.54, 1.807) is 7.11 Å². The Balaban J connectivity index is 3.91. The summed E-state index contributed by atoms with van der Waals surface area (Å²) in [6.07, 6.45) is 0. The van der Waals surface area contributed by atoms with Crippen LogP contribution in [0.25, 0.3) is 0 Å². The predicted molar refractivity (Wildman–Crippen MR) is 50.7 cm³/mol. The van der Waals surface area contributed by atoms with Crippen LogP contribution >= 0.6 is 0 Å². The van der Waals surface area contributed by atoms with E-state index in [-0.39, 0.29) is 11.6 Å². The summed E-state index contributed by atoms with van der Waals surface area (Å²) in [6.45, 7) is 6.37. The summed E-state index contributed by atoms with van der Waals surface area (Å²) >= 11 is 0. The Labute approximate surface area is 78.8 Å². The summed E-state index contributed by atoms with van der Waals surface area (Å²) < 4.78 is 4.95. The Bertz CT molecular complexity index is 191. The van der Waals surface area contributed by atoms with E-state index >= 15 is 0 Å². The van der Waals surface area contributed by atoms with Gasteiger partial charge in [0.05, 0.1) is 6.61 Å². The Kier molecular flexibility index (Phi) is 5.34. The first-order valence-corrected chi connectivity index (χ1v) is 4.09. The molecule has 4 nitrogen and oxygen atoms in total. The standard InChI is InChI=1S/C9H17NO3/c1-7(9(11)12)5-10(3)8(2)6-13-4/h8H,1,5-6H2,2-4H3,(H,11,12). The predicted octanol–water partition coefficient (Wildman–Crippen LogP) is 0.594. The fourth-order valence-electron chi connectivity index (χ4n) is 0.893. The highest BCUT2D eigenvalue weighted by Crippen LogP contribution is 2.00. The number of aliphatic carboxylic acids is 1. The van der Waals surface area contributed by atoms with E-state index in [9.17, 15) is 4.79 Å². The smallest absolute Gasteiger partial charge is 0.332 e. The van der Waals surface area contributed by atoms with Crippen LogP contribution in [0.2, 0.25) is 0 Å². The second kappa shape index (κ2) is 5.72. The lowest BCUT2D eigenvalue weighted by molar-refractivity contribution is -0.132. The van der Waals surface area contributed by atoms with Crippen molar-refractivity contribution in [1.82, 2.24) is 4.90 Å². The Hall–Kier alpha value is -0.870. The molecule has 0 aliphatic heterocycles. The van der Waals surface area contributed by atoms with Crippen LogP contribution in [0.3, 0.4) is 0 Å². The molecule has 0 aromatic rings. The zero-order valence-electron chi connectivity index (χ0n) is 8.41. The summed E-state index contributed by atoms with van der Waals surface area (Å²) in [6, 6.07) is 0.195. The van der Waals surface area contributed by atoms with Gasteiger partial charge in [-0.1, -0.05) is 6.58 Å². The first-order chi connectivity index (χ1) is 5.99. The van der Waals surface area contributed by atoms with Crippen molar-refractivity contribution in [1.29, 1.82) is 0 Å². The molecule has 76 valence electrons. The SMILES string of the molecule is C=C(CN(C)C(C)COC)C(=O)O. The molecule has 0 aromatic heterocycles. The van der Waals surface area contributed by atoms with Gasteiger partial charge in [0, 0.05) is 25.3 Å². The number of hydrogen-bond donors (Lipinski definition) is 1. The van der Waals surface area contributed by atoms with Gasteiger partial charge in [0.15, 0.2) is 0 Å². The molecule has 0 amide bonds. The first-order valence-electron chi connectivity index (χ1n) is 4.09. The van der Waals surface area contributed by atoms with Crippen LogP contribution in [-0.4, -0.2) is 49.3 Å². The summed E-state index contributed by atoms with van der Waals surface area (Å²) in [5.41, 5.74) is 0.199. The van der Waals surface area contributed by atoms with Crippen molar-refractivity contribution in [3.05, 3.63) is 12.2 Å². The number of hydrogen-bond acceptors (Lipinski definition) is 3. The molecule has 13 heavy (non-hydrogen) atoms. The van der Waals surface area contributed by atoms with E-state index in [1.165, 1.54) is 0 Å². The topological polar surface area (TPSA) is 49.8 Å². The molecular weight excluding hydrogens is 170 g/mol. The molecule has 4 heteroatoms. The van der Waals surface area contributed by atoms with Gasteiger partial charge in [0.1, 0.15) is 0 Å². The maximum absolute atomic E-state index is 10.5. The lowest BCUT2D eigenvalue weighted by atomic mass is 10.2. The van der Waals surface area contributed by atoms with Crippen molar-refractivity contribution in [3.63, 3.8) is 0 Å². The van der Waals surface area contributed by atoms with Gasteiger partial charge in [-0.15, -0.1) is 0 Å². The van der Waals surface area contributed by atoms with Gasteiger partial charge in [-0.2, -0.15) is 0 Å². The summed E-state index contributed by atoms with van der Waals surface area (Å²) in [4.78, 5) is 12.3. The van der Waals surface area contributed by atoms with Crippen molar-refractivity contribution in [2.24, 2.45) is 0 Å². The maximum atomic E-state index is 10.5. The molecule has 0 fully saturated rings. The number of carboxylic acids is 1. The molecule has 0 radical (unpaired) electrons. The van der Waals surface area contributed by atoms with Gasteiger partial charge in [-0.3, -0.25) is 4.90 Å². The third kappa shape index (κ3) is 4.65. The fourth-order valence-corrected chi connectivity index (χ4v) is 0.893. The van der Waals surface area contributed by atoms with E-state index in [1.807, 2.05) is 18.9 Å². The Morgan fingerprint density at radius 1 is 1.69 bits per heavy atom. The van der Waals surface area contributed by atoms with Crippen LogP contribution in [0.5, 0.6) is 0 Å². The molecule has 0 bridgehead atoms. The van der Waals surface area contributed by atoms with Crippen LogP contribution in [0, 0.1) is 0 Å². The highest BCUT2D eigenvalue weighted by molar-refractivity contribution is 5.86. The van der Waals surface area contributed by atoms with Gasteiger partial charge in [-0.25, -0.2) is 4.79 Å². The van der Waals surface area contributed by atoms with Crippen molar-refractivity contribution < 1.29 is 14.6 Å². The minimum Gasteiger partial charge on any atom is -0.478 e. The van der Waals surface area contributed by atoms with E-state index < -0.39 is 5.97 Å². The highest BCUT2D eigenvalue weighted by Gasteiger charge is 2.12. The number of likely N-dealkylation sites (N-methyl/N-ethyl adjacent to an activating group) is 1. The maximum Gasteiger partial charge on any atom is 0.332 e. The normalized spacial score (nSPS) is 12.9. The molecule has 0 saturated carbocycles. The minimum atomic E-state index is -0.948. The van der Waals surface area contributed by atoms with E-state index in [4.69, 9.17) is 9.84 Å². The van der Waals surface area contributed by atoms with Crippen molar-refractivity contribution in [2.75, 3.05) is 27.3 Å². The van der Waals surface area contributed by atoms with Gasteiger partial charge >= 0.3 is 5.97 Å². The average Bonchev–Trinajstić information content (AvgIpc) is 2.04. The second-order valence-corrected chi connectivity index (χ2v) is 3.13. The Morgan fingerprint density at radius 2 is 2.23 bits per heavy atom. The van der Waals surface area contributed by atoms with Crippen LogP contribution in [0.1, 0.15) is 6.92 Å². The lowest BCUT2D eigenvalue weighted by Crippen LogP contribution is -2.35. The molecule has 1 N–H and O–H groups in total. The summed E-state index contributed by atoms with van der Waals surface area (Å²) in [7, 11) is 3.47. The number of carbonyl (C=O) groups is 1. The van der Waals surface area contributed by atoms with Crippen LogP contribution in [0.4, 0.5) is 0 Å². The number of nitrogens with zero attached hydrogens (tertiary/aromatic N) is 1. The second-order valence-electron chi connectivity index (χ2n) is 3.13.